The fraction of sp³-hybridized carbons (Fsp3) is 0.176. The van der Waals surface area contributed by atoms with Crippen molar-refractivity contribution >= 4 is 0 Å². The summed E-state index contributed by atoms with van der Waals surface area (Å²) in [6, 6.07) is 9.25. The van der Waals surface area contributed by atoms with Gasteiger partial charge in [-0.2, -0.15) is 18.4 Å². The third-order valence-corrected chi connectivity index (χ3v) is 3.54. The van der Waals surface area contributed by atoms with Crippen LogP contribution in [0.4, 0.5) is 13.2 Å². The molecule has 0 unspecified atom stereocenters. The zero-order valence-electron chi connectivity index (χ0n) is 13.5. The smallest absolute Gasteiger partial charge is 0.433 e. The van der Waals surface area contributed by atoms with Gasteiger partial charge in [0.1, 0.15) is 23.2 Å². The van der Waals surface area contributed by atoms with Crippen LogP contribution in [0.25, 0.3) is 22.4 Å². The van der Waals surface area contributed by atoms with Gasteiger partial charge in [0.05, 0.1) is 6.61 Å². The Morgan fingerprint density at radius 1 is 1.15 bits per heavy atom. The predicted octanol–water partition coefficient (Wildman–Crippen LogP) is 3.82. The minimum atomic E-state index is -4.50. The summed E-state index contributed by atoms with van der Waals surface area (Å²) in [6.45, 7) is 2.21. The molecule has 3 aromatic rings. The first-order chi connectivity index (χ1) is 12.4. The Kier molecular flexibility index (Phi) is 4.58. The summed E-state index contributed by atoms with van der Waals surface area (Å²) in [7, 11) is 0. The molecule has 0 radical (unpaired) electrons. The summed E-state index contributed by atoms with van der Waals surface area (Å²) in [5.74, 6) is 0.492. The third-order valence-electron chi connectivity index (χ3n) is 3.54. The van der Waals surface area contributed by atoms with Gasteiger partial charge in [0.15, 0.2) is 5.69 Å². The molecule has 0 amide bonds. The van der Waals surface area contributed by atoms with Crippen molar-refractivity contribution in [1.82, 2.24) is 20.4 Å². The molecule has 26 heavy (non-hydrogen) atoms. The summed E-state index contributed by atoms with van der Waals surface area (Å²) in [5, 5.41) is 19.1. The Labute approximate surface area is 146 Å². The Balaban J connectivity index is 2.08. The molecular formula is C17H12F3N5O. The number of nitriles is 1. The van der Waals surface area contributed by atoms with Gasteiger partial charge in [-0.15, -0.1) is 5.10 Å². The molecule has 9 heteroatoms. The molecule has 0 aliphatic heterocycles. The Bertz CT molecular complexity index is 958. The molecular weight excluding hydrogens is 347 g/mol. The average molecular weight is 359 g/mol. The van der Waals surface area contributed by atoms with Gasteiger partial charge < -0.3 is 4.74 Å². The molecule has 0 fully saturated rings. The van der Waals surface area contributed by atoms with E-state index in [4.69, 9.17) is 10.00 Å². The van der Waals surface area contributed by atoms with E-state index in [1.807, 2.05) is 13.0 Å². The van der Waals surface area contributed by atoms with Crippen LogP contribution in [-0.4, -0.2) is 27.0 Å². The van der Waals surface area contributed by atoms with Gasteiger partial charge in [0.25, 0.3) is 0 Å². The number of rotatable bonds is 4. The molecule has 3 rings (SSSR count). The van der Waals surface area contributed by atoms with E-state index < -0.39 is 11.9 Å². The van der Waals surface area contributed by atoms with Gasteiger partial charge in [-0.3, -0.25) is 4.98 Å². The van der Waals surface area contributed by atoms with Crippen LogP contribution in [0, 0.1) is 11.3 Å². The van der Waals surface area contributed by atoms with Crippen LogP contribution in [0.2, 0.25) is 0 Å². The fourth-order valence-corrected chi connectivity index (χ4v) is 2.39. The number of pyridine rings is 1. The summed E-state index contributed by atoms with van der Waals surface area (Å²) in [4.78, 5) is 3.48. The molecule has 1 aromatic carbocycles. The number of hydrogen-bond donors (Lipinski definition) is 1. The lowest BCUT2D eigenvalue weighted by Gasteiger charge is -2.10. The quantitative estimate of drug-likeness (QED) is 0.765. The van der Waals surface area contributed by atoms with E-state index in [2.05, 4.69) is 20.4 Å². The van der Waals surface area contributed by atoms with Gasteiger partial charge >= 0.3 is 6.18 Å². The molecule has 0 atom stereocenters. The lowest BCUT2D eigenvalue weighted by molar-refractivity contribution is -0.141. The van der Waals surface area contributed by atoms with Gasteiger partial charge in [-0.25, -0.2) is 5.10 Å². The van der Waals surface area contributed by atoms with Crippen LogP contribution in [-0.2, 0) is 6.18 Å². The van der Waals surface area contributed by atoms with Gasteiger partial charge in [-0.05, 0) is 36.8 Å². The van der Waals surface area contributed by atoms with Crippen molar-refractivity contribution in [3.63, 3.8) is 0 Å². The number of hydrogen-bond acceptors (Lipinski definition) is 5. The van der Waals surface area contributed by atoms with Crippen molar-refractivity contribution in [1.29, 1.82) is 5.26 Å². The predicted molar refractivity (Wildman–Crippen MR) is 85.9 cm³/mol. The second-order valence-corrected chi connectivity index (χ2v) is 5.26. The van der Waals surface area contributed by atoms with Crippen molar-refractivity contribution in [2.45, 2.75) is 13.1 Å². The van der Waals surface area contributed by atoms with E-state index in [0.29, 0.717) is 34.7 Å². The normalized spacial score (nSPS) is 11.2. The minimum absolute atomic E-state index is 0.176. The summed E-state index contributed by atoms with van der Waals surface area (Å²) in [6.07, 6.45) is -3.36. The van der Waals surface area contributed by atoms with E-state index in [1.165, 1.54) is 6.07 Å². The number of aromatic nitrogens is 4. The molecule has 0 aliphatic carbocycles. The molecule has 6 nitrogen and oxygen atoms in total. The van der Waals surface area contributed by atoms with Crippen LogP contribution in [0.1, 0.15) is 18.3 Å². The van der Waals surface area contributed by atoms with Crippen molar-refractivity contribution in [2.24, 2.45) is 0 Å². The number of H-pyrrole nitrogens is 1. The molecule has 0 spiro atoms. The monoisotopic (exact) mass is 359 g/mol. The Morgan fingerprint density at radius 3 is 2.54 bits per heavy atom. The molecule has 0 saturated heterocycles. The van der Waals surface area contributed by atoms with Crippen molar-refractivity contribution in [2.75, 3.05) is 6.61 Å². The lowest BCUT2D eigenvalue weighted by Crippen LogP contribution is -2.07. The number of aromatic amines is 1. The maximum Gasteiger partial charge on any atom is 0.433 e. The first kappa shape index (κ1) is 17.4. The number of benzene rings is 1. The Hall–Kier alpha value is -3.41. The zero-order valence-corrected chi connectivity index (χ0v) is 13.5. The van der Waals surface area contributed by atoms with Crippen LogP contribution < -0.4 is 4.74 Å². The van der Waals surface area contributed by atoms with Crippen LogP contribution >= 0.6 is 0 Å². The minimum Gasteiger partial charge on any atom is -0.494 e. The number of ether oxygens (including phenoxy) is 1. The van der Waals surface area contributed by atoms with E-state index in [-0.39, 0.29) is 5.69 Å². The molecule has 1 N–H and O–H groups in total. The fourth-order valence-electron chi connectivity index (χ4n) is 2.39. The number of nitrogens with one attached hydrogen (secondary N) is 1. The highest BCUT2D eigenvalue weighted by Crippen LogP contribution is 2.33. The van der Waals surface area contributed by atoms with Crippen molar-refractivity contribution < 1.29 is 17.9 Å². The maximum atomic E-state index is 12.7. The number of halogens is 3. The zero-order chi connectivity index (χ0) is 18.7. The van der Waals surface area contributed by atoms with E-state index in [9.17, 15) is 13.2 Å². The first-order valence-corrected chi connectivity index (χ1v) is 7.55. The van der Waals surface area contributed by atoms with E-state index >= 15 is 0 Å². The number of alkyl halides is 3. The maximum absolute atomic E-state index is 12.7. The second-order valence-electron chi connectivity index (χ2n) is 5.26. The molecule has 0 aliphatic rings. The summed E-state index contributed by atoms with van der Waals surface area (Å²) < 4.78 is 43.6. The molecule has 2 heterocycles. The highest BCUT2D eigenvalue weighted by Gasteiger charge is 2.32. The first-order valence-electron chi connectivity index (χ1n) is 7.55. The standard InChI is InChI=1S/C17H12F3N5O/c1-2-26-13-6-11(10-3-4-15(22-9-10)17(18,19)20)5-12(7-13)16-14(8-21)23-25-24-16/h3-7,9H,2H2,1H3,(H,23,24,25). The SMILES string of the molecule is CCOc1cc(-c2ccc(C(F)(F)F)nc2)cc(-c2nn[nH]c2C#N)c1. The molecule has 0 saturated carbocycles. The van der Waals surface area contributed by atoms with Crippen LogP contribution in [0.15, 0.2) is 36.5 Å². The van der Waals surface area contributed by atoms with Gasteiger partial charge in [-0.1, -0.05) is 11.3 Å². The average Bonchev–Trinajstić information content (AvgIpc) is 3.10. The van der Waals surface area contributed by atoms with Crippen LogP contribution in [0.3, 0.4) is 0 Å². The van der Waals surface area contributed by atoms with E-state index in [1.54, 1.807) is 18.2 Å². The van der Waals surface area contributed by atoms with Crippen LogP contribution in [0.5, 0.6) is 5.75 Å². The number of nitrogens with zero attached hydrogens (tertiary/aromatic N) is 4. The summed E-state index contributed by atoms with van der Waals surface area (Å²) >= 11 is 0. The lowest BCUT2D eigenvalue weighted by atomic mass is 10.0. The Morgan fingerprint density at radius 2 is 1.92 bits per heavy atom. The largest absolute Gasteiger partial charge is 0.494 e. The second kappa shape index (κ2) is 6.84. The third kappa shape index (κ3) is 3.49. The van der Waals surface area contributed by atoms with Crippen molar-refractivity contribution in [3.8, 4) is 34.2 Å². The highest BCUT2D eigenvalue weighted by molar-refractivity contribution is 5.75. The van der Waals surface area contributed by atoms with Gasteiger partial charge in [0.2, 0.25) is 0 Å². The summed E-state index contributed by atoms with van der Waals surface area (Å²) in [5.41, 5.74) is 1.15. The molecule has 132 valence electrons. The topological polar surface area (TPSA) is 87.5 Å². The highest BCUT2D eigenvalue weighted by atomic mass is 19.4. The van der Waals surface area contributed by atoms with E-state index in [0.717, 1.165) is 12.3 Å². The van der Waals surface area contributed by atoms with Gasteiger partial charge in [0, 0.05) is 17.3 Å². The molecule has 2 aromatic heterocycles. The van der Waals surface area contributed by atoms with Crippen molar-refractivity contribution in [3.05, 3.63) is 47.9 Å². The molecule has 0 bridgehead atoms.